The molecule has 0 bridgehead atoms. The minimum atomic E-state index is -0.601. The van der Waals surface area contributed by atoms with Crippen LogP contribution in [0.4, 0.5) is 0 Å². The maximum atomic E-state index is 12.4. The second kappa shape index (κ2) is 5.67. The van der Waals surface area contributed by atoms with E-state index in [0.29, 0.717) is 30.2 Å². The molecule has 1 amide bonds. The molecule has 2 aliphatic rings. The summed E-state index contributed by atoms with van der Waals surface area (Å²) in [5.74, 6) is 0.201. The summed E-state index contributed by atoms with van der Waals surface area (Å²) in [6, 6.07) is 7.13. The molecular formula is C15H17N3O4. The van der Waals surface area contributed by atoms with Crippen molar-refractivity contribution in [3.8, 4) is 5.75 Å². The fraction of sp³-hybridized carbons (Fsp3) is 0.400. The van der Waals surface area contributed by atoms with Crippen molar-refractivity contribution in [2.75, 3.05) is 20.2 Å². The van der Waals surface area contributed by atoms with Gasteiger partial charge in [0.15, 0.2) is 5.82 Å². The van der Waals surface area contributed by atoms with E-state index in [0.717, 1.165) is 6.42 Å². The van der Waals surface area contributed by atoms with Crippen LogP contribution in [0.25, 0.3) is 0 Å². The average molecular weight is 303 g/mol. The third kappa shape index (κ3) is 2.28. The van der Waals surface area contributed by atoms with Crippen molar-refractivity contribution >= 4 is 5.91 Å². The highest BCUT2D eigenvalue weighted by Crippen LogP contribution is 2.40. The predicted octanol–water partition coefficient (Wildman–Crippen LogP) is 1.45. The molecule has 0 radical (unpaired) electrons. The number of nitrogens with one attached hydrogen (secondary N) is 1. The Morgan fingerprint density at radius 3 is 2.91 bits per heavy atom. The summed E-state index contributed by atoms with van der Waals surface area (Å²) >= 11 is 0. The molecule has 1 N–H and O–H groups in total. The topological polar surface area (TPSA) is 84.7 Å². The largest absolute Gasteiger partial charge is 0.496 e. The van der Waals surface area contributed by atoms with E-state index in [4.69, 9.17) is 4.74 Å². The number of hydrogen-bond donors (Lipinski definition) is 1. The molecular weight excluding hydrogens is 286 g/mol. The van der Waals surface area contributed by atoms with Gasteiger partial charge in [0.1, 0.15) is 5.75 Å². The molecule has 116 valence electrons. The molecule has 7 nitrogen and oxygen atoms in total. The van der Waals surface area contributed by atoms with Crippen LogP contribution in [0.1, 0.15) is 24.3 Å². The number of ether oxygens (including phenoxy) is 1. The highest BCUT2D eigenvalue weighted by molar-refractivity contribution is 5.81. The van der Waals surface area contributed by atoms with Gasteiger partial charge in [-0.15, -0.1) is 0 Å². The molecule has 0 aromatic heterocycles. The Morgan fingerprint density at radius 1 is 1.41 bits per heavy atom. The van der Waals surface area contributed by atoms with E-state index < -0.39 is 5.92 Å². The summed E-state index contributed by atoms with van der Waals surface area (Å²) in [6.07, 6.45) is 0.876. The molecule has 1 atom stereocenters. The Bertz CT molecular complexity index is 656. The van der Waals surface area contributed by atoms with E-state index in [9.17, 15) is 14.9 Å². The van der Waals surface area contributed by atoms with Gasteiger partial charge in [0.25, 0.3) is 5.70 Å². The first kappa shape index (κ1) is 14.4. The summed E-state index contributed by atoms with van der Waals surface area (Å²) < 4.78 is 5.31. The summed E-state index contributed by atoms with van der Waals surface area (Å²) in [7, 11) is 1.52. The van der Waals surface area contributed by atoms with E-state index in [1.165, 1.54) is 12.0 Å². The highest BCUT2D eigenvalue weighted by atomic mass is 16.6. The molecule has 7 heteroatoms. The summed E-state index contributed by atoms with van der Waals surface area (Å²) in [5, 5.41) is 14.7. The number of allylic oxidation sites excluding steroid dienone is 1. The molecule has 0 spiro atoms. The van der Waals surface area contributed by atoms with Crippen molar-refractivity contribution in [1.29, 1.82) is 0 Å². The zero-order valence-electron chi connectivity index (χ0n) is 12.2. The molecule has 2 aliphatic heterocycles. The monoisotopic (exact) mass is 303 g/mol. The van der Waals surface area contributed by atoms with Gasteiger partial charge in [-0.25, -0.2) is 0 Å². The van der Waals surface area contributed by atoms with E-state index >= 15 is 0 Å². The van der Waals surface area contributed by atoms with Gasteiger partial charge in [-0.05, 0) is 12.5 Å². The van der Waals surface area contributed by atoms with Crippen molar-refractivity contribution in [3.05, 3.63) is 51.5 Å². The Balaban J connectivity index is 2.14. The second-order valence-corrected chi connectivity index (χ2v) is 5.32. The zero-order valence-corrected chi connectivity index (χ0v) is 12.2. The number of rotatable bonds is 3. The minimum absolute atomic E-state index is 0.0452. The van der Waals surface area contributed by atoms with Crippen LogP contribution < -0.4 is 10.1 Å². The number of para-hydroxylation sites is 1. The van der Waals surface area contributed by atoms with Crippen LogP contribution in [0.15, 0.2) is 35.8 Å². The molecule has 1 aromatic rings. The fourth-order valence-electron chi connectivity index (χ4n) is 3.10. The summed E-state index contributed by atoms with van der Waals surface area (Å²) in [5.41, 5.74) is 0.716. The molecule has 3 rings (SSSR count). The fourth-order valence-corrected chi connectivity index (χ4v) is 3.10. The Kier molecular flexibility index (Phi) is 3.70. The number of methoxy groups -OCH3 is 1. The Labute approximate surface area is 127 Å². The molecule has 22 heavy (non-hydrogen) atoms. The SMILES string of the molecule is COc1ccccc1C1CC(=O)N2CCCNC2=C1[N+](=O)[O-]. The summed E-state index contributed by atoms with van der Waals surface area (Å²) in [6.45, 7) is 1.16. The van der Waals surface area contributed by atoms with Crippen LogP contribution in [-0.2, 0) is 4.79 Å². The van der Waals surface area contributed by atoms with Gasteiger partial charge in [-0.2, -0.15) is 0 Å². The maximum absolute atomic E-state index is 12.4. The van der Waals surface area contributed by atoms with Crippen LogP contribution in [0.3, 0.4) is 0 Å². The van der Waals surface area contributed by atoms with Crippen LogP contribution in [0, 0.1) is 10.1 Å². The third-order valence-corrected chi connectivity index (χ3v) is 4.08. The smallest absolute Gasteiger partial charge is 0.294 e. The molecule has 2 heterocycles. The quantitative estimate of drug-likeness (QED) is 0.675. The average Bonchev–Trinajstić information content (AvgIpc) is 2.54. The van der Waals surface area contributed by atoms with Crippen molar-refractivity contribution in [3.63, 3.8) is 0 Å². The van der Waals surface area contributed by atoms with Crippen molar-refractivity contribution in [1.82, 2.24) is 10.2 Å². The van der Waals surface area contributed by atoms with Crippen LogP contribution in [-0.4, -0.2) is 35.9 Å². The van der Waals surface area contributed by atoms with Crippen molar-refractivity contribution in [2.24, 2.45) is 0 Å². The van der Waals surface area contributed by atoms with Crippen LogP contribution in [0.5, 0.6) is 5.75 Å². The number of carbonyl (C=O) groups is 1. The highest BCUT2D eigenvalue weighted by Gasteiger charge is 2.43. The van der Waals surface area contributed by atoms with Gasteiger partial charge in [-0.1, -0.05) is 18.2 Å². The van der Waals surface area contributed by atoms with Crippen molar-refractivity contribution in [2.45, 2.75) is 18.8 Å². The van der Waals surface area contributed by atoms with Crippen LogP contribution in [0.2, 0.25) is 0 Å². The van der Waals surface area contributed by atoms with Gasteiger partial charge in [0.05, 0.1) is 18.0 Å². The van der Waals surface area contributed by atoms with Crippen LogP contribution >= 0.6 is 0 Å². The molecule has 0 saturated carbocycles. The van der Waals surface area contributed by atoms with Gasteiger partial charge >= 0.3 is 0 Å². The number of amides is 1. The zero-order chi connectivity index (χ0) is 15.7. The standard InChI is InChI=1S/C15H17N3O4/c1-22-12-6-3-2-5-10(12)11-9-13(19)17-8-4-7-16-15(17)14(11)18(20)21/h2-3,5-6,11,16H,4,7-9H2,1H3. The third-order valence-electron chi connectivity index (χ3n) is 4.08. The molecule has 1 fully saturated rings. The lowest BCUT2D eigenvalue weighted by Gasteiger charge is -2.35. The lowest BCUT2D eigenvalue weighted by Crippen LogP contribution is -2.48. The van der Waals surface area contributed by atoms with Gasteiger partial charge in [-0.3, -0.25) is 19.8 Å². The first-order chi connectivity index (χ1) is 10.6. The van der Waals surface area contributed by atoms with Gasteiger partial charge in [0, 0.05) is 25.1 Å². The first-order valence-corrected chi connectivity index (χ1v) is 7.19. The van der Waals surface area contributed by atoms with E-state index in [2.05, 4.69) is 5.32 Å². The lowest BCUT2D eigenvalue weighted by molar-refractivity contribution is -0.433. The molecule has 1 saturated heterocycles. The molecule has 0 aliphatic carbocycles. The Hall–Kier alpha value is -2.57. The van der Waals surface area contributed by atoms with E-state index in [1.54, 1.807) is 24.3 Å². The number of carbonyl (C=O) groups excluding carboxylic acids is 1. The summed E-state index contributed by atoms with van der Waals surface area (Å²) in [4.78, 5) is 25.1. The van der Waals surface area contributed by atoms with Gasteiger partial charge in [0.2, 0.25) is 5.91 Å². The number of hydrogen-bond acceptors (Lipinski definition) is 5. The molecule has 1 unspecified atom stereocenters. The van der Waals surface area contributed by atoms with Crippen molar-refractivity contribution < 1.29 is 14.5 Å². The van der Waals surface area contributed by atoms with E-state index in [1.807, 2.05) is 0 Å². The minimum Gasteiger partial charge on any atom is -0.496 e. The lowest BCUT2D eigenvalue weighted by atomic mass is 9.88. The van der Waals surface area contributed by atoms with E-state index in [-0.39, 0.29) is 22.9 Å². The predicted molar refractivity (Wildman–Crippen MR) is 78.7 cm³/mol. The number of nitro groups is 1. The maximum Gasteiger partial charge on any atom is 0.294 e. The van der Waals surface area contributed by atoms with Gasteiger partial charge < -0.3 is 10.1 Å². The molecule has 1 aromatic carbocycles. The number of benzene rings is 1. The number of nitrogens with zero attached hydrogens (tertiary/aromatic N) is 2. The normalized spacial score (nSPS) is 21.2. The first-order valence-electron chi connectivity index (χ1n) is 7.19. The second-order valence-electron chi connectivity index (χ2n) is 5.32. The number of fused-ring (bicyclic) bond motifs is 1. The Morgan fingerprint density at radius 2 is 2.18 bits per heavy atom.